The van der Waals surface area contributed by atoms with Gasteiger partial charge in [-0.15, -0.1) is 11.3 Å². The molecule has 0 spiro atoms. The van der Waals surface area contributed by atoms with E-state index in [1.807, 2.05) is 51.1 Å². The number of hydrogen-bond donors (Lipinski definition) is 3. The maximum atomic E-state index is 15.0. The molecule has 3 fully saturated rings. The van der Waals surface area contributed by atoms with Gasteiger partial charge in [0.2, 0.25) is 27.4 Å². The molecule has 20 heteroatoms. The first-order valence-electron chi connectivity index (χ1n) is 22.2. The zero-order valence-electron chi connectivity index (χ0n) is 37.9. The molecule has 2 saturated carbocycles. The topological polar surface area (TPSA) is 195 Å². The number of rotatable bonds is 11. The van der Waals surface area contributed by atoms with Crippen molar-refractivity contribution in [2.45, 2.75) is 140 Å². The van der Waals surface area contributed by atoms with Crippen LogP contribution in [0.4, 0.5) is 18.0 Å². The molecule has 66 heavy (non-hydrogen) atoms. The van der Waals surface area contributed by atoms with Crippen molar-refractivity contribution in [2.24, 2.45) is 17.8 Å². The first kappa shape index (κ1) is 48.7. The third-order valence-electron chi connectivity index (χ3n) is 12.8. The van der Waals surface area contributed by atoms with Crippen LogP contribution in [0, 0.1) is 17.8 Å². The number of sulfonamides is 1. The number of carbonyl (C=O) groups is 4. The van der Waals surface area contributed by atoms with Gasteiger partial charge in [0.15, 0.2) is 0 Å². The number of alkyl carbamates (subject to hydrolysis) is 1. The summed E-state index contributed by atoms with van der Waals surface area (Å²) < 4.78 is 86.6. The van der Waals surface area contributed by atoms with Crippen LogP contribution in [0.2, 0.25) is 0 Å². The lowest BCUT2D eigenvalue weighted by molar-refractivity contribution is -0.244. The molecule has 2 aliphatic heterocycles. The highest BCUT2D eigenvalue weighted by atomic mass is 32.2. The van der Waals surface area contributed by atoms with Crippen LogP contribution < -0.4 is 24.8 Å². The lowest BCUT2D eigenvalue weighted by atomic mass is 9.88. The predicted molar refractivity (Wildman–Crippen MR) is 240 cm³/mol. The normalized spacial score (nSPS) is 27.3. The molecule has 0 unspecified atom stereocenters. The third kappa shape index (κ3) is 10.6. The number of pyridine rings is 1. The lowest BCUT2D eigenvalue weighted by Crippen LogP contribution is -2.59. The van der Waals surface area contributed by atoms with Crippen molar-refractivity contribution in [2.75, 3.05) is 6.54 Å². The van der Waals surface area contributed by atoms with Gasteiger partial charge >= 0.3 is 12.3 Å². The molecule has 4 aliphatic rings. The van der Waals surface area contributed by atoms with E-state index in [0.29, 0.717) is 73.8 Å². The molecule has 0 bridgehead atoms. The van der Waals surface area contributed by atoms with Gasteiger partial charge in [0.1, 0.15) is 45.9 Å². The maximum absolute atomic E-state index is 15.0. The smallest absolute Gasteiger partial charge is 0.427 e. The Kier molecular flexibility index (Phi) is 13.6. The molecular weight excluding hydrogens is 902 g/mol. The average Bonchev–Trinajstić information content (AvgIpc) is 3.98. The summed E-state index contributed by atoms with van der Waals surface area (Å²) in [4.78, 5) is 67.5. The molecule has 2 aromatic heterocycles. The zero-order valence-corrected chi connectivity index (χ0v) is 39.6. The molecule has 7 atom stereocenters. The SMILES string of the molecule is CC(C)Oc1ccc(-c2cc(O[C@@H]3C[C@H]4C(=O)N[C@]5(C(=O)NS(=O)(=O)C6(C)CC6)C[C@H]5/C=C\CC[C@H](C)C[C@@H](C)[C@H](NC(=O)OC(C)(C)C(F)(F)F)C(=O)N4C3)cc(-c3nccs3)n2)cc1. The fourth-order valence-corrected chi connectivity index (χ4v) is 10.3. The molecule has 4 amide bonds. The lowest BCUT2D eigenvalue weighted by Gasteiger charge is -2.34. The summed E-state index contributed by atoms with van der Waals surface area (Å²) in [6.07, 6.45) is 0.170. The summed E-state index contributed by atoms with van der Waals surface area (Å²) in [7, 11) is -4.10. The van der Waals surface area contributed by atoms with E-state index >= 15 is 0 Å². The Morgan fingerprint density at radius 2 is 1.73 bits per heavy atom. The van der Waals surface area contributed by atoms with Crippen molar-refractivity contribution in [3.05, 3.63) is 60.1 Å². The predicted octanol–water partition coefficient (Wildman–Crippen LogP) is 7.33. The van der Waals surface area contributed by atoms with E-state index in [4.69, 9.17) is 19.2 Å². The Morgan fingerprint density at radius 3 is 2.36 bits per heavy atom. The van der Waals surface area contributed by atoms with Crippen molar-refractivity contribution >= 4 is 45.2 Å². The quantitative estimate of drug-likeness (QED) is 0.163. The van der Waals surface area contributed by atoms with Crippen molar-refractivity contribution in [1.82, 2.24) is 30.2 Å². The van der Waals surface area contributed by atoms with Gasteiger partial charge in [-0.25, -0.2) is 23.2 Å². The zero-order chi connectivity index (χ0) is 48.0. The van der Waals surface area contributed by atoms with E-state index in [2.05, 4.69) is 20.3 Å². The molecule has 2 aliphatic carbocycles. The number of allylic oxidation sites excluding steroid dienone is 1. The molecule has 4 heterocycles. The Hall–Kier alpha value is -5.24. The van der Waals surface area contributed by atoms with Crippen LogP contribution in [-0.2, 0) is 29.1 Å². The molecule has 15 nitrogen and oxygen atoms in total. The van der Waals surface area contributed by atoms with Crippen molar-refractivity contribution in [3.8, 4) is 33.5 Å². The molecule has 0 radical (unpaired) electrons. The highest BCUT2D eigenvalue weighted by molar-refractivity contribution is 7.91. The Bertz CT molecular complexity index is 2440. The van der Waals surface area contributed by atoms with Gasteiger partial charge in [0, 0.05) is 41.6 Å². The standard InChI is InChI=1S/C46H57F3N6O9S2/c1-26(2)62-31-14-12-29(13-15-31)34-21-32(22-35(51-34)39-50-18-19-65-39)63-33-23-36-38(56)53-45(41(58)54-66(60,61)44(7)16-17-44)24-30(45)11-9-8-10-27(3)20-28(4)37(40(57)55(36)25-33)52-42(59)64-43(5,6)46(47,48)49/h9,11-15,18-19,21-22,26-28,30,33,36-37H,8,10,16-17,20,23-25H2,1-7H3,(H,52,59)(H,53,56)(H,54,58)/b11-9-/t27-,28+,30+,33+,36-,37-,45+/m0/s1. The summed E-state index contributed by atoms with van der Waals surface area (Å²) in [5.74, 6) is -2.75. The number of fused-ring (bicyclic) bond motifs is 2. The molecule has 1 aromatic carbocycles. The van der Waals surface area contributed by atoms with Gasteiger partial charge in [-0.1, -0.05) is 26.0 Å². The number of thiazole rings is 1. The fourth-order valence-electron chi connectivity index (χ4n) is 8.39. The number of amides is 4. The van der Waals surface area contributed by atoms with Crippen molar-refractivity contribution in [1.29, 1.82) is 0 Å². The molecule has 7 rings (SSSR count). The highest BCUT2D eigenvalue weighted by Crippen LogP contribution is 2.48. The number of aromatic nitrogens is 2. The maximum Gasteiger partial charge on any atom is 0.427 e. The van der Waals surface area contributed by atoms with Gasteiger partial charge in [-0.05, 0) is 109 Å². The second-order valence-corrected chi connectivity index (χ2v) is 22.2. The Morgan fingerprint density at radius 1 is 1.03 bits per heavy atom. The number of ether oxygens (including phenoxy) is 3. The van der Waals surface area contributed by atoms with Crippen molar-refractivity contribution in [3.63, 3.8) is 0 Å². The van der Waals surface area contributed by atoms with Crippen LogP contribution in [0.3, 0.4) is 0 Å². The number of nitrogens with one attached hydrogen (secondary N) is 3. The molecule has 3 aromatic rings. The number of alkyl halides is 3. The summed E-state index contributed by atoms with van der Waals surface area (Å²) in [5, 5.41) is 7.64. The van der Waals surface area contributed by atoms with Crippen LogP contribution in [0.25, 0.3) is 22.0 Å². The van der Waals surface area contributed by atoms with Gasteiger partial charge in [0.25, 0.3) is 5.91 Å². The number of hydrogen-bond acceptors (Lipinski definition) is 12. The number of nitrogens with zero attached hydrogens (tertiary/aromatic N) is 3. The number of benzene rings is 1. The average molecular weight is 959 g/mol. The van der Waals surface area contributed by atoms with E-state index < -0.39 is 85.9 Å². The molecule has 358 valence electrons. The van der Waals surface area contributed by atoms with Crippen LogP contribution in [0.5, 0.6) is 11.5 Å². The van der Waals surface area contributed by atoms with Gasteiger partial charge in [0.05, 0.1) is 23.1 Å². The first-order chi connectivity index (χ1) is 30.9. The third-order valence-corrected chi connectivity index (χ3v) is 15.8. The monoisotopic (exact) mass is 958 g/mol. The van der Waals surface area contributed by atoms with E-state index in [1.54, 1.807) is 43.6 Å². The second kappa shape index (κ2) is 18.4. The molecular formula is C46H57F3N6O9S2. The van der Waals surface area contributed by atoms with Crippen LogP contribution in [0.15, 0.2) is 60.1 Å². The second-order valence-electron chi connectivity index (χ2n) is 19.1. The van der Waals surface area contributed by atoms with Gasteiger partial charge in [-0.3, -0.25) is 19.1 Å². The van der Waals surface area contributed by atoms with Crippen LogP contribution >= 0.6 is 11.3 Å². The Labute approximate surface area is 386 Å². The summed E-state index contributed by atoms with van der Waals surface area (Å²) in [6, 6.07) is 7.94. The molecule has 1 saturated heterocycles. The van der Waals surface area contributed by atoms with Gasteiger partial charge in [-0.2, -0.15) is 13.2 Å². The van der Waals surface area contributed by atoms with Crippen LogP contribution in [-0.4, -0.2) is 100 Å². The van der Waals surface area contributed by atoms with E-state index in [-0.39, 0.29) is 31.4 Å². The van der Waals surface area contributed by atoms with E-state index in [1.165, 1.54) is 16.2 Å². The summed E-state index contributed by atoms with van der Waals surface area (Å²) >= 11 is 1.36. The van der Waals surface area contributed by atoms with Crippen molar-refractivity contribution < 1.29 is 55.0 Å². The number of halogens is 3. The minimum atomic E-state index is -4.93. The summed E-state index contributed by atoms with van der Waals surface area (Å²) in [5.41, 5.74) is -2.82. The fraction of sp³-hybridized carbons (Fsp3) is 0.565. The highest BCUT2D eigenvalue weighted by Gasteiger charge is 2.63. The largest absolute Gasteiger partial charge is 0.491 e. The molecule has 3 N–H and O–H groups in total. The first-order valence-corrected chi connectivity index (χ1v) is 24.5. The minimum absolute atomic E-state index is 0.0395. The van der Waals surface area contributed by atoms with E-state index in [0.717, 1.165) is 5.56 Å². The van der Waals surface area contributed by atoms with E-state index in [9.17, 15) is 40.8 Å². The number of carbonyl (C=O) groups excluding carboxylic acids is 4. The minimum Gasteiger partial charge on any atom is -0.491 e. The summed E-state index contributed by atoms with van der Waals surface area (Å²) in [6.45, 7) is 10.2. The Balaban J connectivity index is 1.24. The van der Waals surface area contributed by atoms with Crippen LogP contribution in [0.1, 0.15) is 93.4 Å². The van der Waals surface area contributed by atoms with Gasteiger partial charge < -0.3 is 29.7 Å².